The van der Waals surface area contributed by atoms with Crippen molar-refractivity contribution in [1.82, 2.24) is 5.32 Å². The maximum atomic E-state index is 12.1. The molecule has 0 radical (unpaired) electrons. The van der Waals surface area contributed by atoms with Gasteiger partial charge in [-0.1, -0.05) is 6.92 Å². The minimum absolute atomic E-state index is 0.202. The SMILES string of the molecule is CCCOc1ccc(N(CC(=O)NCc2ccco2)S(C)(=O)=O)cc1. The third-order valence-electron chi connectivity index (χ3n) is 3.32. The van der Waals surface area contributed by atoms with E-state index in [0.29, 0.717) is 23.8 Å². The molecule has 2 aromatic rings. The fourth-order valence-electron chi connectivity index (χ4n) is 2.11. The zero-order valence-corrected chi connectivity index (χ0v) is 15.1. The summed E-state index contributed by atoms with van der Waals surface area (Å²) in [6, 6.07) is 10.0. The Balaban J connectivity index is 2.04. The molecule has 136 valence electrons. The van der Waals surface area contributed by atoms with Crippen LogP contribution in [-0.4, -0.2) is 33.7 Å². The van der Waals surface area contributed by atoms with Gasteiger partial charge in [0, 0.05) is 0 Å². The molecule has 0 unspecified atom stereocenters. The number of carbonyl (C=O) groups is 1. The van der Waals surface area contributed by atoms with Crippen molar-refractivity contribution in [2.45, 2.75) is 19.9 Å². The predicted molar refractivity (Wildman–Crippen MR) is 95.0 cm³/mol. The summed E-state index contributed by atoms with van der Waals surface area (Å²) in [6.07, 6.45) is 3.45. The highest BCUT2D eigenvalue weighted by Gasteiger charge is 2.21. The summed E-state index contributed by atoms with van der Waals surface area (Å²) >= 11 is 0. The van der Waals surface area contributed by atoms with Crippen LogP contribution < -0.4 is 14.4 Å². The van der Waals surface area contributed by atoms with Crippen LogP contribution in [0.3, 0.4) is 0 Å². The topological polar surface area (TPSA) is 88.8 Å². The van der Waals surface area contributed by atoms with Gasteiger partial charge >= 0.3 is 0 Å². The molecule has 0 aliphatic rings. The Morgan fingerprint density at radius 2 is 1.96 bits per heavy atom. The van der Waals surface area contributed by atoms with Crippen LogP contribution in [0.1, 0.15) is 19.1 Å². The zero-order chi connectivity index (χ0) is 18.3. The first kappa shape index (κ1) is 18.9. The van der Waals surface area contributed by atoms with Crippen LogP contribution in [0.25, 0.3) is 0 Å². The fraction of sp³-hybridized carbons (Fsp3) is 0.353. The molecule has 0 fully saturated rings. The lowest BCUT2D eigenvalue weighted by molar-refractivity contribution is -0.119. The maximum Gasteiger partial charge on any atom is 0.241 e. The van der Waals surface area contributed by atoms with Crippen molar-refractivity contribution in [3.63, 3.8) is 0 Å². The van der Waals surface area contributed by atoms with Crippen molar-refractivity contribution in [2.24, 2.45) is 0 Å². The maximum absolute atomic E-state index is 12.1. The average molecular weight is 366 g/mol. The van der Waals surface area contributed by atoms with Crippen LogP contribution in [0.4, 0.5) is 5.69 Å². The van der Waals surface area contributed by atoms with Gasteiger partial charge < -0.3 is 14.5 Å². The highest BCUT2D eigenvalue weighted by molar-refractivity contribution is 7.92. The molecular weight excluding hydrogens is 344 g/mol. The van der Waals surface area contributed by atoms with Crippen molar-refractivity contribution >= 4 is 21.6 Å². The van der Waals surface area contributed by atoms with Crippen LogP contribution in [0, 0.1) is 0 Å². The van der Waals surface area contributed by atoms with Crippen molar-refractivity contribution < 1.29 is 22.4 Å². The van der Waals surface area contributed by atoms with Gasteiger partial charge in [0.25, 0.3) is 0 Å². The van der Waals surface area contributed by atoms with Gasteiger partial charge in [-0.2, -0.15) is 0 Å². The Morgan fingerprint density at radius 3 is 2.52 bits per heavy atom. The van der Waals surface area contributed by atoms with Crippen LogP contribution in [0.15, 0.2) is 47.1 Å². The summed E-state index contributed by atoms with van der Waals surface area (Å²) < 4.78 is 35.8. The molecule has 1 aromatic heterocycles. The van der Waals surface area contributed by atoms with Gasteiger partial charge in [-0.25, -0.2) is 8.42 Å². The normalized spacial score (nSPS) is 11.1. The lowest BCUT2D eigenvalue weighted by atomic mass is 10.3. The number of nitrogens with zero attached hydrogens (tertiary/aromatic N) is 1. The standard InChI is InChI=1S/C17H22N2O5S/c1-3-10-23-15-8-6-14(7-9-15)19(25(2,21)22)13-17(20)18-12-16-5-4-11-24-16/h4-9,11H,3,10,12-13H2,1-2H3,(H,18,20). The van der Waals surface area contributed by atoms with Crippen LogP contribution in [-0.2, 0) is 21.4 Å². The molecule has 7 nitrogen and oxygen atoms in total. The molecule has 1 N–H and O–H groups in total. The number of rotatable bonds is 9. The second-order valence-electron chi connectivity index (χ2n) is 5.47. The molecule has 0 spiro atoms. The van der Waals surface area contributed by atoms with E-state index in [-0.39, 0.29) is 13.1 Å². The molecule has 1 heterocycles. The van der Waals surface area contributed by atoms with Gasteiger partial charge in [0.1, 0.15) is 18.1 Å². The quantitative estimate of drug-likeness (QED) is 0.734. The number of hydrogen-bond donors (Lipinski definition) is 1. The molecule has 0 saturated carbocycles. The first-order chi connectivity index (χ1) is 11.9. The summed E-state index contributed by atoms with van der Waals surface area (Å²) in [6.45, 7) is 2.48. The van der Waals surface area contributed by atoms with E-state index < -0.39 is 15.9 Å². The molecule has 0 aliphatic heterocycles. The fourth-order valence-corrected chi connectivity index (χ4v) is 2.97. The third-order valence-corrected chi connectivity index (χ3v) is 4.47. The first-order valence-corrected chi connectivity index (χ1v) is 9.74. The number of amides is 1. The first-order valence-electron chi connectivity index (χ1n) is 7.90. The van der Waals surface area contributed by atoms with Gasteiger partial charge in [0.05, 0.1) is 31.4 Å². The molecule has 1 amide bonds. The molecule has 25 heavy (non-hydrogen) atoms. The Hall–Kier alpha value is -2.48. The summed E-state index contributed by atoms with van der Waals surface area (Å²) in [4.78, 5) is 12.1. The molecule has 0 saturated heterocycles. The number of ether oxygens (including phenoxy) is 1. The summed E-state index contributed by atoms with van der Waals surface area (Å²) in [5.74, 6) is 0.825. The Labute approximate surface area is 147 Å². The molecule has 0 aliphatic carbocycles. The van der Waals surface area contributed by atoms with E-state index in [0.717, 1.165) is 17.0 Å². The van der Waals surface area contributed by atoms with E-state index in [1.165, 1.54) is 6.26 Å². The third kappa shape index (κ3) is 5.82. The predicted octanol–water partition coefficient (Wildman–Crippen LogP) is 2.15. The van der Waals surface area contributed by atoms with Crippen LogP contribution in [0.5, 0.6) is 5.75 Å². The lowest BCUT2D eigenvalue weighted by Gasteiger charge is -2.22. The van der Waals surface area contributed by atoms with E-state index >= 15 is 0 Å². The minimum Gasteiger partial charge on any atom is -0.494 e. The number of carbonyl (C=O) groups excluding carboxylic acids is 1. The highest BCUT2D eigenvalue weighted by atomic mass is 32.2. The Bertz CT molecular complexity index is 770. The minimum atomic E-state index is -3.61. The number of hydrogen-bond acceptors (Lipinski definition) is 5. The number of benzene rings is 1. The molecule has 8 heteroatoms. The van der Waals surface area contributed by atoms with Gasteiger partial charge in [-0.15, -0.1) is 0 Å². The molecular formula is C17H22N2O5S. The highest BCUT2D eigenvalue weighted by Crippen LogP contribution is 2.21. The molecule has 2 rings (SSSR count). The van der Waals surface area contributed by atoms with Crippen LogP contribution in [0.2, 0.25) is 0 Å². The van der Waals surface area contributed by atoms with Crippen molar-refractivity contribution in [1.29, 1.82) is 0 Å². The number of anilines is 1. The van der Waals surface area contributed by atoms with E-state index in [1.807, 2.05) is 6.92 Å². The zero-order valence-electron chi connectivity index (χ0n) is 14.3. The second-order valence-corrected chi connectivity index (χ2v) is 7.37. The Kier molecular flexibility index (Phi) is 6.46. The van der Waals surface area contributed by atoms with E-state index in [4.69, 9.17) is 9.15 Å². The van der Waals surface area contributed by atoms with Gasteiger partial charge in [-0.3, -0.25) is 9.10 Å². The largest absolute Gasteiger partial charge is 0.494 e. The lowest BCUT2D eigenvalue weighted by Crippen LogP contribution is -2.40. The monoisotopic (exact) mass is 366 g/mol. The smallest absolute Gasteiger partial charge is 0.241 e. The Morgan fingerprint density at radius 1 is 1.24 bits per heavy atom. The second kappa shape index (κ2) is 8.57. The van der Waals surface area contributed by atoms with E-state index in [9.17, 15) is 13.2 Å². The number of sulfonamides is 1. The van der Waals surface area contributed by atoms with Gasteiger partial charge in [0.15, 0.2) is 0 Å². The van der Waals surface area contributed by atoms with Crippen molar-refractivity contribution in [3.05, 3.63) is 48.4 Å². The summed E-state index contributed by atoms with van der Waals surface area (Å²) in [5.41, 5.74) is 0.402. The number of nitrogens with one attached hydrogen (secondary N) is 1. The van der Waals surface area contributed by atoms with E-state index in [1.54, 1.807) is 36.4 Å². The van der Waals surface area contributed by atoms with Crippen LogP contribution >= 0.6 is 0 Å². The summed E-state index contributed by atoms with van der Waals surface area (Å²) in [7, 11) is -3.61. The molecule has 0 atom stereocenters. The van der Waals surface area contributed by atoms with Gasteiger partial charge in [-0.05, 0) is 42.8 Å². The van der Waals surface area contributed by atoms with Crippen molar-refractivity contribution in [2.75, 3.05) is 23.7 Å². The van der Waals surface area contributed by atoms with Gasteiger partial charge in [0.2, 0.25) is 15.9 Å². The summed E-state index contributed by atoms with van der Waals surface area (Å²) in [5, 5.41) is 2.63. The average Bonchev–Trinajstić information content (AvgIpc) is 3.09. The van der Waals surface area contributed by atoms with E-state index in [2.05, 4.69) is 5.32 Å². The van der Waals surface area contributed by atoms with Crippen molar-refractivity contribution in [3.8, 4) is 5.75 Å². The number of furan rings is 1. The molecule has 1 aromatic carbocycles. The molecule has 0 bridgehead atoms.